The van der Waals surface area contributed by atoms with Gasteiger partial charge in [0.25, 0.3) is 0 Å². The molecular formula is C8H16O5. The maximum atomic E-state index is 9.47. The van der Waals surface area contributed by atoms with Crippen molar-refractivity contribution >= 4 is 0 Å². The van der Waals surface area contributed by atoms with Gasteiger partial charge in [-0.3, -0.25) is 0 Å². The zero-order chi connectivity index (χ0) is 10.1. The summed E-state index contributed by atoms with van der Waals surface area (Å²) in [5.41, 5.74) is 0. The van der Waals surface area contributed by atoms with Crippen molar-refractivity contribution in [2.45, 2.75) is 37.4 Å². The summed E-state index contributed by atoms with van der Waals surface area (Å²) in [6.07, 6.45) is 2.87. The van der Waals surface area contributed by atoms with Gasteiger partial charge in [0.05, 0.1) is 0 Å². The Bertz CT molecular complexity index is 171. The number of rotatable bonds is 3. The third kappa shape index (κ3) is 1.84. The van der Waals surface area contributed by atoms with Gasteiger partial charge in [0.1, 0.15) is 0 Å². The summed E-state index contributed by atoms with van der Waals surface area (Å²) in [6.45, 7) is 0. The second-order valence-corrected chi connectivity index (χ2v) is 3.52. The lowest BCUT2D eigenvalue weighted by Crippen LogP contribution is -2.59. The molecular weight excluding hydrogens is 176 g/mol. The molecule has 0 atom stereocenters. The summed E-state index contributed by atoms with van der Waals surface area (Å²) < 4.78 is 4.23. The van der Waals surface area contributed by atoms with Crippen LogP contribution in [0.5, 0.6) is 0 Å². The van der Waals surface area contributed by atoms with E-state index in [1.165, 1.54) is 0 Å². The first-order valence-electron chi connectivity index (χ1n) is 4.36. The third-order valence-corrected chi connectivity index (χ3v) is 2.69. The average Bonchev–Trinajstić information content (AvgIpc) is 2.56. The molecule has 0 saturated heterocycles. The second kappa shape index (κ2) is 3.51. The first-order chi connectivity index (χ1) is 5.92. The minimum atomic E-state index is -2.89. The van der Waals surface area contributed by atoms with Gasteiger partial charge in [-0.25, -0.2) is 0 Å². The van der Waals surface area contributed by atoms with Gasteiger partial charge in [-0.15, -0.1) is 0 Å². The zero-order valence-corrected chi connectivity index (χ0v) is 7.60. The third-order valence-electron chi connectivity index (χ3n) is 2.69. The van der Waals surface area contributed by atoms with Gasteiger partial charge in [-0.2, -0.15) is 0 Å². The summed E-state index contributed by atoms with van der Waals surface area (Å²) in [5.74, 6) is -6.01. The van der Waals surface area contributed by atoms with Crippen molar-refractivity contribution in [2.24, 2.45) is 5.92 Å². The van der Waals surface area contributed by atoms with E-state index in [1.807, 2.05) is 0 Å². The van der Waals surface area contributed by atoms with Crippen molar-refractivity contribution in [2.75, 3.05) is 7.11 Å². The van der Waals surface area contributed by atoms with E-state index in [1.54, 1.807) is 0 Å². The lowest BCUT2D eigenvalue weighted by molar-refractivity contribution is -0.466. The molecule has 4 N–H and O–H groups in total. The Morgan fingerprint density at radius 2 is 1.54 bits per heavy atom. The highest BCUT2D eigenvalue weighted by atomic mass is 16.8. The molecule has 5 nitrogen and oxygen atoms in total. The molecule has 0 aromatic rings. The number of hydrogen-bond acceptors (Lipinski definition) is 5. The molecule has 78 valence electrons. The van der Waals surface area contributed by atoms with Crippen LogP contribution in [-0.4, -0.2) is 39.3 Å². The van der Waals surface area contributed by atoms with Crippen molar-refractivity contribution in [3.05, 3.63) is 0 Å². The molecule has 1 saturated carbocycles. The molecule has 0 radical (unpaired) electrons. The maximum absolute atomic E-state index is 9.47. The minimum absolute atomic E-state index is 0.539. The van der Waals surface area contributed by atoms with Crippen LogP contribution in [0.25, 0.3) is 0 Å². The standard InChI is InChI=1S/C8H16O5/c1-13-8(11,12)7(9,10)6-4-2-3-5-6/h6,9-12H,2-5H2,1H3. The largest absolute Gasteiger partial charge is 0.359 e. The molecule has 13 heavy (non-hydrogen) atoms. The summed E-state index contributed by atoms with van der Waals surface area (Å²) in [5, 5.41) is 37.2. The highest BCUT2D eigenvalue weighted by molar-refractivity contribution is 4.85. The van der Waals surface area contributed by atoms with E-state index in [4.69, 9.17) is 10.2 Å². The normalized spacial score (nSPS) is 21.0. The fourth-order valence-electron chi connectivity index (χ4n) is 1.74. The van der Waals surface area contributed by atoms with E-state index in [-0.39, 0.29) is 0 Å². The highest BCUT2D eigenvalue weighted by Gasteiger charge is 2.54. The fourth-order valence-corrected chi connectivity index (χ4v) is 1.74. The quantitative estimate of drug-likeness (QED) is 0.437. The summed E-state index contributed by atoms with van der Waals surface area (Å²) in [6, 6.07) is 0. The average molecular weight is 192 g/mol. The Kier molecular flexibility index (Phi) is 2.94. The van der Waals surface area contributed by atoms with Gasteiger partial charge in [0.2, 0.25) is 5.79 Å². The monoisotopic (exact) mass is 192 g/mol. The Balaban J connectivity index is 2.73. The summed E-state index contributed by atoms with van der Waals surface area (Å²) in [7, 11) is 1.01. The summed E-state index contributed by atoms with van der Waals surface area (Å²) in [4.78, 5) is 0. The molecule has 0 bridgehead atoms. The molecule has 0 heterocycles. The highest BCUT2D eigenvalue weighted by Crippen LogP contribution is 2.37. The van der Waals surface area contributed by atoms with Crippen LogP contribution in [0.1, 0.15) is 25.7 Å². The summed E-state index contributed by atoms with van der Waals surface area (Å²) >= 11 is 0. The molecule has 1 fully saturated rings. The second-order valence-electron chi connectivity index (χ2n) is 3.52. The van der Waals surface area contributed by atoms with E-state index in [9.17, 15) is 10.2 Å². The molecule has 0 amide bonds. The number of aliphatic hydroxyl groups is 4. The smallest absolute Gasteiger partial charge is 0.335 e. The van der Waals surface area contributed by atoms with Crippen molar-refractivity contribution in [3.63, 3.8) is 0 Å². The van der Waals surface area contributed by atoms with Gasteiger partial charge >= 0.3 is 5.97 Å². The topological polar surface area (TPSA) is 90.2 Å². The molecule has 1 aliphatic carbocycles. The predicted molar refractivity (Wildman–Crippen MR) is 43.3 cm³/mol. The van der Waals surface area contributed by atoms with Crippen LogP contribution < -0.4 is 0 Å². The molecule has 0 aromatic heterocycles. The lowest BCUT2D eigenvalue weighted by atomic mass is 9.95. The Labute approximate surface area is 76.6 Å². The van der Waals surface area contributed by atoms with Crippen LogP contribution in [0.2, 0.25) is 0 Å². The number of hydrogen-bond donors (Lipinski definition) is 4. The Morgan fingerprint density at radius 1 is 1.08 bits per heavy atom. The van der Waals surface area contributed by atoms with Gasteiger partial charge in [0.15, 0.2) is 0 Å². The van der Waals surface area contributed by atoms with Crippen molar-refractivity contribution in [3.8, 4) is 0 Å². The molecule has 1 rings (SSSR count). The van der Waals surface area contributed by atoms with Gasteiger partial charge in [-0.1, -0.05) is 12.8 Å². The van der Waals surface area contributed by atoms with Gasteiger partial charge < -0.3 is 25.2 Å². The SMILES string of the molecule is COC(O)(O)C(O)(O)C1CCCC1. The molecule has 0 aliphatic heterocycles. The molecule has 0 unspecified atom stereocenters. The fraction of sp³-hybridized carbons (Fsp3) is 1.00. The minimum Gasteiger partial charge on any atom is -0.359 e. The van der Waals surface area contributed by atoms with Crippen LogP contribution in [0.15, 0.2) is 0 Å². The van der Waals surface area contributed by atoms with Crippen molar-refractivity contribution < 1.29 is 25.2 Å². The van der Waals surface area contributed by atoms with Crippen LogP contribution in [-0.2, 0) is 4.74 Å². The van der Waals surface area contributed by atoms with Crippen LogP contribution in [0, 0.1) is 5.92 Å². The lowest BCUT2D eigenvalue weighted by Gasteiger charge is -2.37. The predicted octanol–water partition coefficient (Wildman–Crippen LogP) is -0.858. The molecule has 0 aromatic carbocycles. The van der Waals surface area contributed by atoms with E-state index < -0.39 is 17.7 Å². The van der Waals surface area contributed by atoms with Crippen molar-refractivity contribution in [1.29, 1.82) is 0 Å². The van der Waals surface area contributed by atoms with Crippen LogP contribution in [0.4, 0.5) is 0 Å². The number of ether oxygens (including phenoxy) is 1. The number of methoxy groups -OCH3 is 1. The Hall–Kier alpha value is -0.200. The van der Waals surface area contributed by atoms with Gasteiger partial charge in [-0.05, 0) is 12.8 Å². The van der Waals surface area contributed by atoms with Crippen LogP contribution >= 0.6 is 0 Å². The first kappa shape index (κ1) is 10.9. The molecule has 0 spiro atoms. The zero-order valence-electron chi connectivity index (χ0n) is 7.60. The molecule has 5 heteroatoms. The van der Waals surface area contributed by atoms with E-state index in [0.717, 1.165) is 20.0 Å². The first-order valence-corrected chi connectivity index (χ1v) is 4.36. The van der Waals surface area contributed by atoms with Gasteiger partial charge in [0, 0.05) is 13.0 Å². The maximum Gasteiger partial charge on any atom is 0.335 e. The van der Waals surface area contributed by atoms with E-state index in [2.05, 4.69) is 4.74 Å². The van der Waals surface area contributed by atoms with Crippen LogP contribution in [0.3, 0.4) is 0 Å². The van der Waals surface area contributed by atoms with E-state index >= 15 is 0 Å². The van der Waals surface area contributed by atoms with E-state index in [0.29, 0.717) is 12.8 Å². The molecule has 1 aliphatic rings. The van der Waals surface area contributed by atoms with Crippen molar-refractivity contribution in [1.82, 2.24) is 0 Å². The Morgan fingerprint density at radius 3 is 1.92 bits per heavy atom.